The molecule has 0 aliphatic carbocycles. The summed E-state index contributed by atoms with van der Waals surface area (Å²) in [5.41, 5.74) is 8.53. The van der Waals surface area contributed by atoms with Crippen molar-refractivity contribution in [2.75, 3.05) is 0 Å². The number of hydrazine groups is 1. The zero-order valence-corrected chi connectivity index (χ0v) is 35.0. The number of para-hydroxylation sites is 2. The van der Waals surface area contributed by atoms with Crippen LogP contribution in [0.5, 0.6) is 0 Å². The maximum Gasteiger partial charge on any atom is 0.288 e. The maximum atomic E-state index is 13.0. The van der Waals surface area contributed by atoms with Gasteiger partial charge >= 0.3 is 0 Å². The van der Waals surface area contributed by atoms with Gasteiger partial charge in [0.15, 0.2) is 5.01 Å². The van der Waals surface area contributed by atoms with Gasteiger partial charge in [-0.05, 0) is 69.3 Å². The second-order valence-electron chi connectivity index (χ2n) is 14.1. The predicted molar refractivity (Wildman–Crippen MR) is 229 cm³/mol. The normalized spacial score (nSPS) is 14.1. The Hall–Kier alpha value is -6.94. The van der Waals surface area contributed by atoms with Crippen molar-refractivity contribution in [2.45, 2.75) is 39.8 Å². The molecule has 0 spiro atoms. The molecule has 0 saturated carbocycles. The van der Waals surface area contributed by atoms with Gasteiger partial charge in [0.25, 0.3) is 29.5 Å². The Bertz CT molecular complexity index is 2960. The van der Waals surface area contributed by atoms with E-state index in [0.717, 1.165) is 20.9 Å². The molecular formula is C44H32Cl2N8O6S. The molecule has 0 radical (unpaired) electrons. The molecule has 61 heavy (non-hydrogen) atoms. The first kappa shape index (κ1) is 40.8. The molecule has 2 aliphatic rings. The van der Waals surface area contributed by atoms with Crippen LogP contribution in [0.15, 0.2) is 97.1 Å². The van der Waals surface area contributed by atoms with E-state index in [1.807, 2.05) is 32.0 Å². The fourth-order valence-corrected chi connectivity index (χ4v) is 8.49. The summed E-state index contributed by atoms with van der Waals surface area (Å²) >= 11 is 14.0. The van der Waals surface area contributed by atoms with E-state index in [2.05, 4.69) is 26.0 Å². The van der Waals surface area contributed by atoms with Crippen LogP contribution in [0.25, 0.3) is 32.5 Å². The summed E-state index contributed by atoms with van der Waals surface area (Å²) < 4.78 is 0. The van der Waals surface area contributed by atoms with Gasteiger partial charge < -0.3 is 0 Å². The summed E-state index contributed by atoms with van der Waals surface area (Å²) in [7, 11) is 0. The van der Waals surface area contributed by atoms with Gasteiger partial charge in [0.2, 0.25) is 5.91 Å². The van der Waals surface area contributed by atoms with Crippen LogP contribution in [0.2, 0.25) is 10.0 Å². The number of carbonyl (C=O) groups excluding carboxylic acids is 6. The molecular weight excluding hydrogens is 840 g/mol. The van der Waals surface area contributed by atoms with Crippen molar-refractivity contribution in [3.8, 4) is 10.7 Å². The number of aryl methyl sites for hydroxylation is 1. The number of hydrogen-bond donors (Lipinski definition) is 2. The van der Waals surface area contributed by atoms with Crippen LogP contribution in [0.3, 0.4) is 0 Å². The number of carbonyl (C=O) groups is 6. The van der Waals surface area contributed by atoms with Gasteiger partial charge in [-0.15, -0.1) is 10.2 Å². The van der Waals surface area contributed by atoms with Crippen molar-refractivity contribution < 1.29 is 28.8 Å². The zero-order chi connectivity index (χ0) is 43.3. The smallest absolute Gasteiger partial charge is 0.274 e. The molecule has 0 saturated heterocycles. The number of imide groups is 2. The molecule has 304 valence electrons. The van der Waals surface area contributed by atoms with Gasteiger partial charge in [0.1, 0.15) is 16.4 Å². The van der Waals surface area contributed by atoms with Crippen molar-refractivity contribution >= 4 is 91.8 Å². The summed E-state index contributed by atoms with van der Waals surface area (Å²) in [5, 5.41) is 12.1. The van der Waals surface area contributed by atoms with Crippen molar-refractivity contribution in [3.63, 3.8) is 0 Å². The van der Waals surface area contributed by atoms with Crippen molar-refractivity contribution in [1.82, 2.24) is 40.8 Å². The summed E-state index contributed by atoms with van der Waals surface area (Å²) in [5.74, 6) is -2.69. The predicted octanol–water partition coefficient (Wildman–Crippen LogP) is 8.10. The SMILES string of the molecule is CC(=O)NNC(=O)c1nc2c(Cl)cccc2cc1[C@H](C)N1C(=O)c2ccccc2C1=O.Cc1nnc(-c2nc3c(Cl)cccc3cc2[C@H](C)N2C(=O)c3ccccc3C2=O)s1. The van der Waals surface area contributed by atoms with Gasteiger partial charge in [0.05, 0.1) is 55.4 Å². The molecule has 4 aromatic carbocycles. The average Bonchev–Trinajstić information content (AvgIpc) is 3.89. The maximum absolute atomic E-state index is 13.0. The van der Waals surface area contributed by atoms with Crippen LogP contribution in [-0.4, -0.2) is 65.4 Å². The molecule has 0 fully saturated rings. The summed E-state index contributed by atoms with van der Waals surface area (Å²) in [6.07, 6.45) is 0. The van der Waals surface area contributed by atoms with Gasteiger partial charge in [-0.2, -0.15) is 0 Å². The Morgan fingerprint density at radius 3 is 1.54 bits per heavy atom. The van der Waals surface area contributed by atoms with Gasteiger partial charge in [-0.25, -0.2) is 9.97 Å². The third-order valence-electron chi connectivity index (χ3n) is 10.3. The standard InChI is InChI=1S/C22H17ClN4O4.C22H15ClN4O2S/c1-11(27-21(30)14-7-3-4-8-15(14)22(27)31)16-10-13-6-5-9-17(23)18(13)24-19(16)20(29)26-25-12(2)28;1-11(27-21(28)14-7-3-4-8-15(14)22(27)29)16-10-13-6-5-9-17(23)18(13)24-19(16)20-26-25-12(2)30-20/h3-11H,1-2H3,(H,25,28)(H,26,29);3-11H,1-2H3/t2*11-/m00/s1. The number of fused-ring (bicyclic) bond motifs is 4. The molecule has 3 aromatic heterocycles. The van der Waals surface area contributed by atoms with E-state index >= 15 is 0 Å². The van der Waals surface area contributed by atoms with Crippen LogP contribution in [0, 0.1) is 6.92 Å². The third kappa shape index (κ3) is 7.36. The minimum atomic E-state index is -0.804. The quantitative estimate of drug-likeness (QED) is 0.122. The first-order valence-electron chi connectivity index (χ1n) is 18.7. The number of nitrogens with one attached hydrogen (secondary N) is 2. The number of amides is 6. The topological polar surface area (TPSA) is 185 Å². The summed E-state index contributed by atoms with van der Waals surface area (Å²) in [6.45, 7) is 6.58. The highest BCUT2D eigenvalue weighted by molar-refractivity contribution is 7.14. The third-order valence-corrected chi connectivity index (χ3v) is 11.7. The van der Waals surface area contributed by atoms with Crippen LogP contribution < -0.4 is 10.9 Å². The molecule has 7 aromatic rings. The van der Waals surface area contributed by atoms with E-state index in [4.69, 9.17) is 28.2 Å². The summed E-state index contributed by atoms with van der Waals surface area (Å²) in [4.78, 5) is 87.5. The molecule has 2 N–H and O–H groups in total. The van der Waals surface area contributed by atoms with Crippen LogP contribution in [0.1, 0.15) is 101 Å². The number of rotatable bonds is 6. The Morgan fingerprint density at radius 2 is 1.08 bits per heavy atom. The molecule has 14 nitrogen and oxygen atoms in total. The highest BCUT2D eigenvalue weighted by atomic mass is 35.5. The average molecular weight is 872 g/mol. The molecule has 2 aliphatic heterocycles. The minimum absolute atomic E-state index is 0.0570. The molecule has 0 bridgehead atoms. The highest BCUT2D eigenvalue weighted by Gasteiger charge is 2.41. The fourth-order valence-electron chi connectivity index (χ4n) is 7.34. The summed E-state index contributed by atoms with van der Waals surface area (Å²) in [6, 6.07) is 26.3. The van der Waals surface area contributed by atoms with E-state index < -0.39 is 35.7 Å². The lowest BCUT2D eigenvalue weighted by Crippen LogP contribution is -2.42. The number of hydrogen-bond acceptors (Lipinski definition) is 11. The fraction of sp³-hybridized carbons (Fsp3) is 0.136. The van der Waals surface area contributed by atoms with E-state index in [9.17, 15) is 28.8 Å². The Morgan fingerprint density at radius 1 is 0.623 bits per heavy atom. The molecule has 2 atom stereocenters. The van der Waals surface area contributed by atoms with Crippen LogP contribution in [0.4, 0.5) is 0 Å². The second-order valence-corrected chi connectivity index (χ2v) is 16.1. The van der Waals surface area contributed by atoms with Gasteiger partial charge in [-0.3, -0.25) is 49.4 Å². The van der Waals surface area contributed by atoms with Crippen molar-refractivity contribution in [2.24, 2.45) is 0 Å². The lowest BCUT2D eigenvalue weighted by molar-refractivity contribution is -0.119. The monoisotopic (exact) mass is 870 g/mol. The minimum Gasteiger partial charge on any atom is -0.274 e. The molecule has 17 heteroatoms. The van der Waals surface area contributed by atoms with Gasteiger partial charge in [-0.1, -0.05) is 83.1 Å². The lowest BCUT2D eigenvalue weighted by Gasteiger charge is -2.25. The number of benzene rings is 4. The molecule has 5 heterocycles. The number of aromatic nitrogens is 4. The van der Waals surface area contributed by atoms with Gasteiger partial charge in [0, 0.05) is 28.8 Å². The van der Waals surface area contributed by atoms with E-state index in [1.54, 1.807) is 85.8 Å². The van der Waals surface area contributed by atoms with E-state index in [1.165, 1.54) is 23.2 Å². The Balaban J connectivity index is 0.000000168. The Kier molecular flexibility index (Phi) is 10.9. The van der Waals surface area contributed by atoms with E-state index in [0.29, 0.717) is 65.0 Å². The first-order chi connectivity index (χ1) is 29.2. The van der Waals surface area contributed by atoms with Crippen LogP contribution in [-0.2, 0) is 4.79 Å². The number of pyridine rings is 2. The second kappa shape index (κ2) is 16.3. The molecule has 0 unspecified atom stereocenters. The first-order valence-corrected chi connectivity index (χ1v) is 20.3. The van der Waals surface area contributed by atoms with Crippen molar-refractivity contribution in [3.05, 3.63) is 151 Å². The van der Waals surface area contributed by atoms with Crippen LogP contribution >= 0.6 is 34.5 Å². The highest BCUT2D eigenvalue weighted by Crippen LogP contribution is 2.39. The van der Waals surface area contributed by atoms with Crippen molar-refractivity contribution in [1.29, 1.82) is 0 Å². The Labute approximate surface area is 361 Å². The molecule has 6 amide bonds. The van der Waals surface area contributed by atoms with E-state index in [-0.39, 0.29) is 17.5 Å². The zero-order valence-electron chi connectivity index (χ0n) is 32.7. The molecule has 9 rings (SSSR count). The number of halogens is 2. The number of nitrogens with zero attached hydrogens (tertiary/aromatic N) is 6. The largest absolute Gasteiger partial charge is 0.288 e. The lowest BCUT2D eigenvalue weighted by atomic mass is 10.0.